The maximum Gasteiger partial charge on any atom is 0.255 e. The Balaban J connectivity index is 1.73. The number of nitrogens with two attached hydrogens (primary N) is 1. The van der Waals surface area contributed by atoms with Gasteiger partial charge in [-0.2, -0.15) is 0 Å². The van der Waals surface area contributed by atoms with Crippen molar-refractivity contribution in [3.63, 3.8) is 0 Å². The first-order valence-corrected chi connectivity index (χ1v) is 7.43. The van der Waals surface area contributed by atoms with E-state index in [-0.39, 0.29) is 11.6 Å². The summed E-state index contributed by atoms with van der Waals surface area (Å²) >= 11 is 1.44. The van der Waals surface area contributed by atoms with Crippen molar-refractivity contribution < 1.29 is 13.6 Å². The summed E-state index contributed by atoms with van der Waals surface area (Å²) < 4.78 is 18.6. The fraction of sp³-hybridized carbons (Fsp3) is 0.286. The van der Waals surface area contributed by atoms with Crippen LogP contribution in [0.5, 0.6) is 0 Å². The zero-order valence-corrected chi connectivity index (χ0v) is 12.4. The van der Waals surface area contributed by atoms with E-state index in [1.165, 1.54) is 30.0 Å². The van der Waals surface area contributed by atoms with Crippen molar-refractivity contribution >= 4 is 29.0 Å². The van der Waals surface area contributed by atoms with E-state index in [0.717, 1.165) is 5.69 Å². The second-order valence-corrected chi connectivity index (χ2v) is 5.54. The predicted octanol–water partition coefficient (Wildman–Crippen LogP) is 3.22. The van der Waals surface area contributed by atoms with Crippen LogP contribution in [0.2, 0.25) is 0 Å². The fourth-order valence-electron chi connectivity index (χ4n) is 1.64. The minimum absolute atomic E-state index is 0.107. The number of carbonyl (C=O) groups is 1. The molecule has 0 spiro atoms. The van der Waals surface area contributed by atoms with Gasteiger partial charge in [0, 0.05) is 17.9 Å². The lowest BCUT2D eigenvalue weighted by Gasteiger charge is -2.06. The summed E-state index contributed by atoms with van der Waals surface area (Å²) in [4.78, 5) is 15.9. The lowest BCUT2D eigenvalue weighted by atomic mass is 10.2. The number of rotatable bonds is 6. The largest absolute Gasteiger partial charge is 0.440 e. The first kappa shape index (κ1) is 15.4. The molecule has 0 atom stereocenters. The zero-order valence-electron chi connectivity index (χ0n) is 11.6. The summed E-state index contributed by atoms with van der Waals surface area (Å²) in [6.07, 6.45) is 2.51. The Morgan fingerprint density at radius 2 is 2.33 bits per heavy atom. The molecule has 0 saturated heterocycles. The number of nitrogens with one attached hydrogen (secondary N) is 1. The molecule has 7 heteroatoms. The van der Waals surface area contributed by atoms with Gasteiger partial charge in [0.2, 0.25) is 5.91 Å². The predicted molar refractivity (Wildman–Crippen MR) is 80.6 cm³/mol. The molecule has 0 saturated carbocycles. The Labute approximate surface area is 126 Å². The van der Waals surface area contributed by atoms with Gasteiger partial charge in [-0.3, -0.25) is 4.79 Å². The molecule has 0 bridgehead atoms. The molecule has 0 aliphatic carbocycles. The lowest BCUT2D eigenvalue weighted by molar-refractivity contribution is -0.116. The second kappa shape index (κ2) is 7.12. The molecule has 21 heavy (non-hydrogen) atoms. The molecular weight excluding hydrogens is 293 g/mol. The first-order chi connectivity index (χ1) is 10.0. The minimum atomic E-state index is -0.498. The normalized spacial score (nSPS) is 10.6. The van der Waals surface area contributed by atoms with E-state index < -0.39 is 5.82 Å². The van der Waals surface area contributed by atoms with Crippen LogP contribution in [0.1, 0.15) is 18.5 Å². The molecule has 2 rings (SSSR count). The highest BCUT2D eigenvalue weighted by Gasteiger charge is 2.08. The summed E-state index contributed by atoms with van der Waals surface area (Å²) in [5, 5.41) is 3.10. The van der Waals surface area contributed by atoms with Crippen molar-refractivity contribution in [2.75, 3.05) is 16.8 Å². The van der Waals surface area contributed by atoms with Gasteiger partial charge < -0.3 is 15.5 Å². The highest BCUT2D eigenvalue weighted by atomic mass is 32.2. The van der Waals surface area contributed by atoms with Crippen LogP contribution in [-0.4, -0.2) is 16.6 Å². The van der Waals surface area contributed by atoms with E-state index in [1.54, 1.807) is 6.26 Å². The number of halogens is 1. The molecule has 0 unspecified atom stereocenters. The SMILES string of the molecule is Cc1coc(SCCCC(=O)Nc2cc(N)ccc2F)n1. The van der Waals surface area contributed by atoms with E-state index in [1.807, 2.05) is 6.92 Å². The third kappa shape index (κ3) is 4.78. The van der Waals surface area contributed by atoms with E-state index in [2.05, 4.69) is 10.3 Å². The number of nitrogens with zero attached hydrogens (tertiary/aromatic N) is 1. The topological polar surface area (TPSA) is 81.2 Å². The van der Waals surface area contributed by atoms with Crippen LogP contribution in [0, 0.1) is 12.7 Å². The maximum absolute atomic E-state index is 13.4. The molecule has 5 nitrogen and oxygen atoms in total. The molecule has 1 heterocycles. The molecule has 0 fully saturated rings. The van der Waals surface area contributed by atoms with Gasteiger partial charge in [-0.15, -0.1) is 0 Å². The Hall–Kier alpha value is -2.02. The van der Waals surface area contributed by atoms with Crippen molar-refractivity contribution in [3.8, 4) is 0 Å². The van der Waals surface area contributed by atoms with Crippen LogP contribution in [0.4, 0.5) is 15.8 Å². The highest BCUT2D eigenvalue weighted by molar-refractivity contribution is 7.99. The minimum Gasteiger partial charge on any atom is -0.440 e. The second-order valence-electron chi connectivity index (χ2n) is 4.49. The molecule has 1 amide bonds. The van der Waals surface area contributed by atoms with Crippen molar-refractivity contribution in [1.29, 1.82) is 0 Å². The number of hydrogen-bond donors (Lipinski definition) is 2. The number of thioether (sulfide) groups is 1. The van der Waals surface area contributed by atoms with Gasteiger partial charge in [0.05, 0.1) is 11.4 Å². The number of nitrogen functional groups attached to an aromatic ring is 1. The fourth-order valence-corrected chi connectivity index (χ4v) is 2.43. The number of hydrogen-bond acceptors (Lipinski definition) is 5. The van der Waals surface area contributed by atoms with Crippen molar-refractivity contribution in [2.24, 2.45) is 0 Å². The third-order valence-electron chi connectivity index (χ3n) is 2.64. The third-order valence-corrected chi connectivity index (χ3v) is 3.56. The summed E-state index contributed by atoms with van der Waals surface area (Å²) in [6, 6.07) is 4.07. The number of oxazole rings is 1. The number of benzene rings is 1. The van der Waals surface area contributed by atoms with Gasteiger partial charge >= 0.3 is 0 Å². The van der Waals surface area contributed by atoms with Crippen molar-refractivity contribution in [2.45, 2.75) is 25.0 Å². The average molecular weight is 309 g/mol. The molecule has 2 aromatic rings. The maximum atomic E-state index is 13.4. The van der Waals surface area contributed by atoms with Crippen molar-refractivity contribution in [3.05, 3.63) is 36.0 Å². The molecule has 1 aromatic heterocycles. The Kier molecular flexibility index (Phi) is 5.21. The van der Waals surface area contributed by atoms with Gasteiger partial charge in [-0.25, -0.2) is 9.37 Å². The van der Waals surface area contributed by atoms with Gasteiger partial charge in [0.25, 0.3) is 5.22 Å². The number of anilines is 2. The molecule has 1 aromatic carbocycles. The number of aryl methyl sites for hydroxylation is 1. The van der Waals surface area contributed by atoms with Gasteiger partial charge in [0.15, 0.2) is 0 Å². The summed E-state index contributed by atoms with van der Waals surface area (Å²) in [6.45, 7) is 1.85. The number of amides is 1. The highest BCUT2D eigenvalue weighted by Crippen LogP contribution is 2.20. The number of aromatic nitrogens is 1. The average Bonchev–Trinajstić information content (AvgIpc) is 2.85. The molecule has 3 N–H and O–H groups in total. The summed E-state index contributed by atoms with van der Waals surface area (Å²) in [5.41, 5.74) is 6.89. The Morgan fingerprint density at radius 1 is 1.52 bits per heavy atom. The monoisotopic (exact) mass is 309 g/mol. The van der Waals surface area contributed by atoms with Crippen LogP contribution < -0.4 is 11.1 Å². The first-order valence-electron chi connectivity index (χ1n) is 6.44. The molecule has 0 aliphatic rings. The van der Waals surface area contributed by atoms with Crippen LogP contribution in [0.15, 0.2) is 34.1 Å². The Bertz CT molecular complexity index is 630. The van der Waals surface area contributed by atoms with Crippen LogP contribution >= 0.6 is 11.8 Å². The van der Waals surface area contributed by atoms with E-state index in [0.29, 0.717) is 29.5 Å². The summed E-state index contributed by atoms with van der Waals surface area (Å²) in [7, 11) is 0. The van der Waals surface area contributed by atoms with Gasteiger partial charge in [0.1, 0.15) is 12.1 Å². The smallest absolute Gasteiger partial charge is 0.255 e. The van der Waals surface area contributed by atoms with Crippen molar-refractivity contribution in [1.82, 2.24) is 4.98 Å². The zero-order chi connectivity index (χ0) is 15.2. The van der Waals surface area contributed by atoms with Gasteiger partial charge in [-0.1, -0.05) is 11.8 Å². The lowest BCUT2D eigenvalue weighted by Crippen LogP contribution is -2.12. The molecule has 112 valence electrons. The standard InChI is InChI=1S/C14H16FN3O2S/c1-9-8-20-14(17-9)21-6-2-3-13(19)18-12-7-10(16)4-5-11(12)15/h4-5,7-8H,2-3,6,16H2,1H3,(H,18,19). The van der Waals surface area contributed by atoms with E-state index >= 15 is 0 Å². The van der Waals surface area contributed by atoms with Gasteiger partial charge in [-0.05, 0) is 31.5 Å². The quantitative estimate of drug-likeness (QED) is 0.486. The van der Waals surface area contributed by atoms with E-state index in [9.17, 15) is 9.18 Å². The molecule has 0 radical (unpaired) electrons. The summed E-state index contributed by atoms with van der Waals surface area (Å²) in [5.74, 6) is -0.0434. The van der Waals surface area contributed by atoms with Crippen LogP contribution in [0.3, 0.4) is 0 Å². The van der Waals surface area contributed by atoms with Crippen LogP contribution in [-0.2, 0) is 4.79 Å². The van der Waals surface area contributed by atoms with E-state index in [4.69, 9.17) is 10.2 Å². The molecule has 0 aliphatic heterocycles. The number of carbonyl (C=O) groups excluding carboxylic acids is 1. The van der Waals surface area contributed by atoms with Crippen LogP contribution in [0.25, 0.3) is 0 Å². The molecular formula is C14H16FN3O2S. The Morgan fingerprint density at radius 3 is 3.05 bits per heavy atom.